The molecule has 0 saturated carbocycles. The quantitative estimate of drug-likeness (QED) is 0.248. The standard InChI is InChI=1S/C13H16FN3O2/c1-8(2)12(13(18)17-16)11(15)7-19-10-5-3-9(14)4-6-10/h3-6,15H,7,16H2,1-2H3,(H,17,18). The maximum absolute atomic E-state index is 12.7. The second-order valence-corrected chi connectivity index (χ2v) is 4.07. The van der Waals surface area contributed by atoms with Gasteiger partial charge in [0, 0.05) is 0 Å². The minimum absolute atomic E-state index is 0.00674. The molecule has 0 atom stereocenters. The van der Waals surface area contributed by atoms with Crippen molar-refractivity contribution in [3.05, 3.63) is 41.2 Å². The molecule has 0 aromatic heterocycles. The van der Waals surface area contributed by atoms with Gasteiger partial charge in [-0.1, -0.05) is 5.57 Å². The lowest BCUT2D eigenvalue weighted by Crippen LogP contribution is -2.35. The number of allylic oxidation sites excluding steroid dienone is 1. The maximum Gasteiger partial charge on any atom is 0.267 e. The van der Waals surface area contributed by atoms with Crippen LogP contribution >= 0.6 is 0 Å². The van der Waals surface area contributed by atoms with Gasteiger partial charge in [0.15, 0.2) is 0 Å². The van der Waals surface area contributed by atoms with Crippen LogP contribution in [0.5, 0.6) is 5.75 Å². The molecule has 1 amide bonds. The topological polar surface area (TPSA) is 88.2 Å². The number of rotatable bonds is 5. The van der Waals surface area contributed by atoms with Gasteiger partial charge < -0.3 is 10.1 Å². The zero-order valence-electron chi connectivity index (χ0n) is 10.8. The summed E-state index contributed by atoms with van der Waals surface area (Å²) in [5.41, 5.74) is 2.84. The zero-order chi connectivity index (χ0) is 14.4. The second-order valence-electron chi connectivity index (χ2n) is 4.07. The molecule has 0 aliphatic rings. The van der Waals surface area contributed by atoms with Crippen LogP contribution in [0.25, 0.3) is 0 Å². The van der Waals surface area contributed by atoms with E-state index in [0.29, 0.717) is 11.3 Å². The Hall–Kier alpha value is -2.21. The number of hydrogen-bond acceptors (Lipinski definition) is 4. The van der Waals surface area contributed by atoms with Crippen molar-refractivity contribution in [2.24, 2.45) is 5.84 Å². The van der Waals surface area contributed by atoms with Crippen LogP contribution in [-0.2, 0) is 4.79 Å². The average Bonchev–Trinajstić information content (AvgIpc) is 2.37. The third kappa shape index (κ3) is 4.18. The van der Waals surface area contributed by atoms with Crippen LogP contribution < -0.4 is 16.0 Å². The highest BCUT2D eigenvalue weighted by molar-refractivity contribution is 6.21. The second kappa shape index (κ2) is 6.65. The normalized spacial score (nSPS) is 9.68. The van der Waals surface area contributed by atoms with Gasteiger partial charge in [-0.2, -0.15) is 0 Å². The van der Waals surface area contributed by atoms with Crippen molar-refractivity contribution in [2.45, 2.75) is 13.8 Å². The largest absolute Gasteiger partial charge is 0.487 e. The van der Waals surface area contributed by atoms with Gasteiger partial charge in [-0.15, -0.1) is 0 Å². The molecular formula is C13H16FN3O2. The third-order valence-electron chi connectivity index (χ3n) is 2.36. The Labute approximate surface area is 110 Å². The number of ether oxygens (including phenoxy) is 1. The van der Waals surface area contributed by atoms with Gasteiger partial charge in [-0.05, 0) is 38.1 Å². The van der Waals surface area contributed by atoms with E-state index in [0.717, 1.165) is 0 Å². The highest BCUT2D eigenvalue weighted by atomic mass is 19.1. The summed E-state index contributed by atoms with van der Waals surface area (Å²) in [4.78, 5) is 11.5. The van der Waals surface area contributed by atoms with E-state index in [1.54, 1.807) is 13.8 Å². The van der Waals surface area contributed by atoms with Crippen molar-refractivity contribution in [1.29, 1.82) is 5.41 Å². The molecule has 0 bridgehead atoms. The minimum Gasteiger partial charge on any atom is -0.487 e. The van der Waals surface area contributed by atoms with Crippen molar-refractivity contribution in [3.8, 4) is 5.75 Å². The Morgan fingerprint density at radius 2 is 1.95 bits per heavy atom. The molecule has 0 heterocycles. The molecule has 4 N–H and O–H groups in total. The summed E-state index contributed by atoms with van der Waals surface area (Å²) in [7, 11) is 0. The molecule has 1 aromatic rings. The Morgan fingerprint density at radius 3 is 2.42 bits per heavy atom. The van der Waals surface area contributed by atoms with Crippen molar-refractivity contribution in [2.75, 3.05) is 6.61 Å². The summed E-state index contributed by atoms with van der Waals surface area (Å²) in [6.45, 7) is 3.31. The lowest BCUT2D eigenvalue weighted by atomic mass is 10.1. The predicted molar refractivity (Wildman–Crippen MR) is 70.3 cm³/mol. The number of amides is 1. The van der Waals surface area contributed by atoms with Crippen molar-refractivity contribution in [3.63, 3.8) is 0 Å². The zero-order valence-corrected chi connectivity index (χ0v) is 10.8. The van der Waals surface area contributed by atoms with Crippen molar-refractivity contribution in [1.82, 2.24) is 5.43 Å². The van der Waals surface area contributed by atoms with Crippen LogP contribution in [0.15, 0.2) is 35.4 Å². The van der Waals surface area contributed by atoms with Gasteiger partial charge in [0.05, 0.1) is 11.3 Å². The SMILES string of the molecule is CC(C)=C(C(=N)COc1ccc(F)cc1)C(=O)NN. The number of hydrazine groups is 1. The van der Waals surface area contributed by atoms with Crippen molar-refractivity contribution < 1.29 is 13.9 Å². The predicted octanol–water partition coefficient (Wildman–Crippen LogP) is 1.55. The fourth-order valence-electron chi connectivity index (χ4n) is 1.50. The fourth-order valence-corrected chi connectivity index (χ4v) is 1.50. The average molecular weight is 265 g/mol. The van der Waals surface area contributed by atoms with E-state index >= 15 is 0 Å². The van der Waals surface area contributed by atoms with E-state index in [9.17, 15) is 9.18 Å². The Bertz CT molecular complexity index is 505. The molecule has 0 radical (unpaired) electrons. The highest BCUT2D eigenvalue weighted by Crippen LogP contribution is 2.12. The van der Waals surface area contributed by atoms with Gasteiger partial charge in [-0.3, -0.25) is 10.2 Å². The summed E-state index contributed by atoms with van der Waals surface area (Å²) in [6.07, 6.45) is 0. The van der Waals surface area contributed by atoms with Crippen LogP contribution in [0.4, 0.5) is 4.39 Å². The van der Waals surface area contributed by atoms with Gasteiger partial charge in [0.2, 0.25) is 0 Å². The molecule has 19 heavy (non-hydrogen) atoms. The molecule has 0 aliphatic heterocycles. The number of benzene rings is 1. The highest BCUT2D eigenvalue weighted by Gasteiger charge is 2.16. The Morgan fingerprint density at radius 1 is 1.37 bits per heavy atom. The molecule has 1 rings (SSSR count). The first-order chi connectivity index (χ1) is 8.95. The molecule has 0 saturated heterocycles. The summed E-state index contributed by atoms with van der Waals surface area (Å²) in [6, 6.07) is 5.42. The maximum atomic E-state index is 12.7. The first kappa shape index (κ1) is 14.8. The minimum atomic E-state index is -0.535. The van der Waals surface area contributed by atoms with Crippen LogP contribution in [0, 0.1) is 11.2 Å². The summed E-state index contributed by atoms with van der Waals surface area (Å²) < 4.78 is 18.0. The third-order valence-corrected chi connectivity index (χ3v) is 2.36. The number of nitrogens with two attached hydrogens (primary N) is 1. The molecule has 1 aromatic carbocycles. The summed E-state index contributed by atoms with van der Waals surface area (Å²) >= 11 is 0. The van der Waals surface area contributed by atoms with E-state index in [1.807, 2.05) is 5.43 Å². The fraction of sp³-hybridized carbons (Fsp3) is 0.231. The first-order valence-corrected chi connectivity index (χ1v) is 5.60. The van der Waals surface area contributed by atoms with Crippen LogP contribution in [0.3, 0.4) is 0 Å². The van der Waals surface area contributed by atoms with E-state index in [2.05, 4.69) is 0 Å². The number of hydrogen-bond donors (Lipinski definition) is 3. The molecule has 0 aliphatic carbocycles. The monoisotopic (exact) mass is 265 g/mol. The number of halogens is 1. The molecular weight excluding hydrogens is 249 g/mol. The van der Waals surface area contributed by atoms with E-state index in [1.165, 1.54) is 24.3 Å². The lowest BCUT2D eigenvalue weighted by Gasteiger charge is -2.11. The van der Waals surface area contributed by atoms with Gasteiger partial charge in [0.25, 0.3) is 5.91 Å². The van der Waals surface area contributed by atoms with Crippen LogP contribution in [0.2, 0.25) is 0 Å². The number of nitrogens with one attached hydrogen (secondary N) is 2. The number of carbonyl (C=O) groups excluding carboxylic acids is 1. The summed E-state index contributed by atoms with van der Waals surface area (Å²) in [5.74, 6) is 4.58. The van der Waals surface area contributed by atoms with Gasteiger partial charge >= 0.3 is 0 Å². The lowest BCUT2D eigenvalue weighted by molar-refractivity contribution is -0.117. The van der Waals surface area contributed by atoms with Crippen molar-refractivity contribution >= 4 is 11.6 Å². The molecule has 0 spiro atoms. The van der Waals surface area contributed by atoms with E-state index in [4.69, 9.17) is 16.0 Å². The van der Waals surface area contributed by atoms with E-state index < -0.39 is 5.91 Å². The molecule has 102 valence electrons. The van der Waals surface area contributed by atoms with Gasteiger partial charge in [0.1, 0.15) is 18.2 Å². The first-order valence-electron chi connectivity index (χ1n) is 5.60. The number of carbonyl (C=O) groups is 1. The van der Waals surface area contributed by atoms with Crippen LogP contribution in [-0.4, -0.2) is 18.2 Å². The summed E-state index contributed by atoms with van der Waals surface area (Å²) in [5, 5.41) is 7.83. The molecule has 0 fully saturated rings. The van der Waals surface area contributed by atoms with Crippen LogP contribution in [0.1, 0.15) is 13.8 Å². The Kier molecular flexibility index (Phi) is 5.20. The molecule has 0 unspecified atom stereocenters. The van der Waals surface area contributed by atoms with E-state index in [-0.39, 0.29) is 23.7 Å². The smallest absolute Gasteiger partial charge is 0.267 e. The molecule has 6 heteroatoms. The Balaban J connectivity index is 2.71. The van der Waals surface area contributed by atoms with Gasteiger partial charge in [-0.25, -0.2) is 10.2 Å². The molecule has 5 nitrogen and oxygen atoms in total.